The Kier molecular flexibility index (Phi) is 8.81. The molecule has 0 radical (unpaired) electrons. The van der Waals surface area contributed by atoms with Gasteiger partial charge in [0, 0.05) is 0 Å². The Balaban J connectivity index is 0.000000119. The number of rotatable bonds is 3. The van der Waals surface area contributed by atoms with Gasteiger partial charge in [0.15, 0.2) is 0 Å². The third-order valence-electron chi connectivity index (χ3n) is 8.91. The Labute approximate surface area is 292 Å². The summed E-state index contributed by atoms with van der Waals surface area (Å²) in [6.07, 6.45) is 0. The zero-order valence-electron chi connectivity index (χ0n) is 27.2. The highest BCUT2D eigenvalue weighted by Crippen LogP contribution is 2.29. The van der Waals surface area contributed by atoms with Crippen LogP contribution in [0.5, 0.6) is 0 Å². The van der Waals surface area contributed by atoms with Crippen LogP contribution in [0.3, 0.4) is 0 Å². The maximum atomic E-state index is 11.4. The van der Waals surface area contributed by atoms with Crippen LogP contribution in [-0.4, -0.2) is 33.2 Å². The lowest BCUT2D eigenvalue weighted by Crippen LogP contribution is -1.99. The molecule has 0 fully saturated rings. The van der Waals surface area contributed by atoms with Gasteiger partial charge in [0.05, 0.1) is 16.7 Å². The van der Waals surface area contributed by atoms with Crippen molar-refractivity contribution in [1.29, 1.82) is 0 Å². The van der Waals surface area contributed by atoms with Crippen molar-refractivity contribution < 1.29 is 29.7 Å². The van der Waals surface area contributed by atoms with Gasteiger partial charge >= 0.3 is 17.9 Å². The van der Waals surface area contributed by atoms with Crippen molar-refractivity contribution in [2.75, 3.05) is 0 Å². The SMILES string of the molecule is O=C(O)c1c2ccccc2cc2ccccc12.O=C(O)c1ccc2cc3ccccc3cc2c1.O=C(O)c1cccc2cc3ccccc3cc12. The minimum absolute atomic E-state index is 0.327. The molecule has 246 valence electrons. The molecule has 6 nitrogen and oxygen atoms in total. The topological polar surface area (TPSA) is 112 Å². The lowest BCUT2D eigenvalue weighted by Gasteiger charge is -2.07. The molecular formula is C45H30O6. The minimum Gasteiger partial charge on any atom is -0.478 e. The zero-order chi connectivity index (χ0) is 35.5. The zero-order valence-corrected chi connectivity index (χ0v) is 27.2. The van der Waals surface area contributed by atoms with E-state index in [-0.39, 0.29) is 0 Å². The van der Waals surface area contributed by atoms with Gasteiger partial charge in [0.2, 0.25) is 0 Å². The Hall–Kier alpha value is -7.05. The van der Waals surface area contributed by atoms with Crippen molar-refractivity contribution in [1.82, 2.24) is 0 Å². The molecular weight excluding hydrogens is 636 g/mol. The lowest BCUT2D eigenvalue weighted by molar-refractivity contribution is 0.0687. The third kappa shape index (κ3) is 6.67. The summed E-state index contributed by atoms with van der Waals surface area (Å²) in [7, 11) is 0. The van der Waals surface area contributed by atoms with E-state index in [9.17, 15) is 19.5 Å². The van der Waals surface area contributed by atoms with Gasteiger partial charge in [-0.25, -0.2) is 14.4 Å². The predicted molar refractivity (Wildman–Crippen MR) is 205 cm³/mol. The molecule has 0 saturated heterocycles. The van der Waals surface area contributed by atoms with E-state index in [4.69, 9.17) is 10.2 Å². The summed E-state index contributed by atoms with van der Waals surface area (Å²) in [5.74, 6) is -2.65. The van der Waals surface area contributed by atoms with Crippen molar-refractivity contribution in [3.8, 4) is 0 Å². The van der Waals surface area contributed by atoms with E-state index in [1.807, 2.05) is 127 Å². The lowest BCUT2D eigenvalue weighted by atomic mass is 9.97. The van der Waals surface area contributed by atoms with Gasteiger partial charge in [-0.1, -0.05) is 115 Å². The molecule has 0 atom stereocenters. The van der Waals surface area contributed by atoms with Crippen molar-refractivity contribution in [3.63, 3.8) is 0 Å². The Morgan fingerprint density at radius 2 is 0.725 bits per heavy atom. The maximum Gasteiger partial charge on any atom is 0.336 e. The highest BCUT2D eigenvalue weighted by molar-refractivity contribution is 6.16. The number of hydrogen-bond donors (Lipinski definition) is 3. The smallest absolute Gasteiger partial charge is 0.336 e. The fraction of sp³-hybridized carbons (Fsp3) is 0. The molecule has 0 aliphatic rings. The monoisotopic (exact) mass is 666 g/mol. The standard InChI is InChI=1S/3C15H10O2/c16-15(17)14-12-7-3-1-5-10(12)9-11-6-2-4-8-13(11)14;16-15(17)13-7-3-6-12-8-10-4-1-2-5-11(10)9-14(12)13;16-15(17)13-6-5-12-7-10-3-1-2-4-11(10)8-14(12)9-13/h3*1-9H,(H,16,17). The number of carboxylic acid groups (broad SMARTS) is 3. The first-order valence-electron chi connectivity index (χ1n) is 16.2. The molecule has 0 bridgehead atoms. The van der Waals surface area contributed by atoms with Gasteiger partial charge < -0.3 is 15.3 Å². The normalized spacial score (nSPS) is 10.8. The van der Waals surface area contributed by atoms with Crippen LogP contribution in [0.4, 0.5) is 0 Å². The molecule has 51 heavy (non-hydrogen) atoms. The molecule has 9 aromatic rings. The van der Waals surface area contributed by atoms with Crippen LogP contribution in [0.25, 0.3) is 64.6 Å². The van der Waals surface area contributed by atoms with Crippen LogP contribution in [-0.2, 0) is 0 Å². The highest BCUT2D eigenvalue weighted by atomic mass is 16.4. The van der Waals surface area contributed by atoms with Crippen LogP contribution >= 0.6 is 0 Å². The van der Waals surface area contributed by atoms with Crippen LogP contribution in [0.1, 0.15) is 31.1 Å². The van der Waals surface area contributed by atoms with Crippen LogP contribution < -0.4 is 0 Å². The molecule has 6 heteroatoms. The predicted octanol–water partition coefficient (Wildman–Crippen LogP) is 11.1. The summed E-state index contributed by atoms with van der Waals surface area (Å²) in [5.41, 5.74) is 1.07. The van der Waals surface area contributed by atoms with Crippen LogP contribution in [0.15, 0.2) is 164 Å². The van der Waals surface area contributed by atoms with Gasteiger partial charge in [0.1, 0.15) is 0 Å². The molecule has 0 aliphatic carbocycles. The third-order valence-corrected chi connectivity index (χ3v) is 8.91. The second-order valence-corrected chi connectivity index (χ2v) is 12.1. The molecule has 3 N–H and O–H groups in total. The molecule has 0 aromatic heterocycles. The second-order valence-electron chi connectivity index (χ2n) is 12.1. The van der Waals surface area contributed by atoms with E-state index in [1.54, 1.807) is 24.3 Å². The van der Waals surface area contributed by atoms with Crippen molar-refractivity contribution in [3.05, 3.63) is 180 Å². The summed E-state index contributed by atoms with van der Waals surface area (Å²) in [5, 5.41) is 39.3. The number of carbonyl (C=O) groups is 3. The number of aromatic carboxylic acids is 3. The molecule has 0 unspecified atom stereocenters. The van der Waals surface area contributed by atoms with E-state index >= 15 is 0 Å². The van der Waals surface area contributed by atoms with Crippen molar-refractivity contribution in [2.45, 2.75) is 0 Å². The number of carboxylic acids is 3. The van der Waals surface area contributed by atoms with Crippen LogP contribution in [0, 0.1) is 0 Å². The Bertz CT molecular complexity index is 2710. The number of fused-ring (bicyclic) bond motifs is 6. The molecule has 0 saturated carbocycles. The highest BCUT2D eigenvalue weighted by Gasteiger charge is 2.13. The average molecular weight is 667 g/mol. The van der Waals surface area contributed by atoms with Crippen LogP contribution in [0.2, 0.25) is 0 Å². The summed E-state index contributed by atoms with van der Waals surface area (Å²) >= 11 is 0. The fourth-order valence-corrected chi connectivity index (χ4v) is 6.47. The minimum atomic E-state index is -0.889. The number of benzene rings is 9. The first-order valence-corrected chi connectivity index (χ1v) is 16.2. The second kappa shape index (κ2) is 13.8. The van der Waals surface area contributed by atoms with Gasteiger partial charge in [-0.05, 0) is 113 Å². The first kappa shape index (κ1) is 32.5. The number of hydrogen-bond acceptors (Lipinski definition) is 3. The largest absolute Gasteiger partial charge is 0.478 e. The fourth-order valence-electron chi connectivity index (χ4n) is 6.47. The van der Waals surface area contributed by atoms with E-state index in [0.717, 1.165) is 59.2 Å². The van der Waals surface area contributed by atoms with E-state index < -0.39 is 17.9 Å². The molecule has 0 heterocycles. The van der Waals surface area contributed by atoms with Gasteiger partial charge in [-0.2, -0.15) is 0 Å². The van der Waals surface area contributed by atoms with Crippen molar-refractivity contribution >= 4 is 82.5 Å². The summed E-state index contributed by atoms with van der Waals surface area (Å²) in [6.45, 7) is 0. The molecule has 9 aromatic carbocycles. The van der Waals surface area contributed by atoms with Gasteiger partial charge in [0.25, 0.3) is 0 Å². The molecule has 0 aliphatic heterocycles. The maximum absolute atomic E-state index is 11.4. The molecule has 0 spiro atoms. The van der Waals surface area contributed by atoms with E-state index in [2.05, 4.69) is 12.1 Å². The quantitative estimate of drug-likeness (QED) is 0.162. The Morgan fingerprint density at radius 1 is 0.314 bits per heavy atom. The average Bonchev–Trinajstić information content (AvgIpc) is 3.15. The van der Waals surface area contributed by atoms with E-state index in [0.29, 0.717) is 16.7 Å². The molecule has 9 rings (SSSR count). The summed E-state index contributed by atoms with van der Waals surface area (Å²) < 4.78 is 0. The van der Waals surface area contributed by atoms with Gasteiger partial charge in [-0.3, -0.25) is 0 Å². The first-order chi connectivity index (χ1) is 24.8. The van der Waals surface area contributed by atoms with Crippen molar-refractivity contribution in [2.24, 2.45) is 0 Å². The summed E-state index contributed by atoms with van der Waals surface area (Å²) in [6, 6.07) is 51.8. The summed E-state index contributed by atoms with van der Waals surface area (Å²) in [4.78, 5) is 33.5. The molecule has 0 amide bonds. The van der Waals surface area contributed by atoms with Gasteiger partial charge in [-0.15, -0.1) is 0 Å². The van der Waals surface area contributed by atoms with E-state index in [1.165, 1.54) is 5.39 Å². The Morgan fingerprint density at radius 3 is 1.25 bits per heavy atom.